The number of carbonyl (C=O) groups excluding carboxylic acids is 1. The van der Waals surface area contributed by atoms with Gasteiger partial charge in [0.1, 0.15) is 24.6 Å². The average molecular weight is 445 g/mol. The van der Waals surface area contributed by atoms with Crippen molar-refractivity contribution in [3.8, 4) is 11.1 Å². The molecule has 0 unspecified atom stereocenters. The van der Waals surface area contributed by atoms with Crippen LogP contribution in [-0.4, -0.2) is 41.5 Å². The van der Waals surface area contributed by atoms with Gasteiger partial charge in [0, 0.05) is 38.2 Å². The second-order valence-corrected chi connectivity index (χ2v) is 7.78. The highest BCUT2D eigenvalue weighted by molar-refractivity contribution is 5.92. The van der Waals surface area contributed by atoms with E-state index in [9.17, 15) is 9.18 Å². The number of methoxy groups -OCH3 is 1. The molecular weight excluding hydrogens is 419 g/mol. The molecule has 0 fully saturated rings. The summed E-state index contributed by atoms with van der Waals surface area (Å²) in [5.41, 5.74) is 4.16. The Bertz CT molecular complexity index is 1260. The van der Waals surface area contributed by atoms with Crippen molar-refractivity contribution in [2.75, 3.05) is 26.1 Å². The van der Waals surface area contributed by atoms with Crippen LogP contribution in [0.5, 0.6) is 0 Å². The van der Waals surface area contributed by atoms with Gasteiger partial charge >= 0.3 is 0 Å². The Labute approximate surface area is 192 Å². The third-order valence-electron chi connectivity index (χ3n) is 5.42. The maximum absolute atomic E-state index is 14.5. The molecule has 6 nitrogen and oxygen atoms in total. The first-order valence-corrected chi connectivity index (χ1v) is 10.6. The normalized spacial score (nSPS) is 10.9. The number of halogens is 1. The van der Waals surface area contributed by atoms with Gasteiger partial charge < -0.3 is 15.0 Å². The van der Waals surface area contributed by atoms with Crippen LogP contribution in [0.25, 0.3) is 22.0 Å². The van der Waals surface area contributed by atoms with Gasteiger partial charge in [0.25, 0.3) is 0 Å². The minimum Gasteiger partial charge on any atom is -0.375 e. The zero-order valence-electron chi connectivity index (χ0n) is 18.6. The summed E-state index contributed by atoms with van der Waals surface area (Å²) in [5.74, 6) is 0.169. The Morgan fingerprint density at radius 1 is 1.03 bits per heavy atom. The lowest BCUT2D eigenvalue weighted by molar-refractivity contribution is -0.134. The first-order valence-electron chi connectivity index (χ1n) is 10.6. The van der Waals surface area contributed by atoms with Gasteiger partial charge in [0.15, 0.2) is 0 Å². The van der Waals surface area contributed by atoms with Crippen LogP contribution in [0.2, 0.25) is 0 Å². The molecular formula is C26H25FN4O2. The van der Waals surface area contributed by atoms with Crippen LogP contribution in [-0.2, 0) is 22.6 Å². The van der Waals surface area contributed by atoms with Gasteiger partial charge in [-0.05, 0) is 41.0 Å². The zero-order chi connectivity index (χ0) is 23.2. The number of carbonyl (C=O) groups is 1. The lowest BCUT2D eigenvalue weighted by atomic mass is 10.0. The molecule has 1 heterocycles. The molecule has 3 aromatic carbocycles. The van der Waals surface area contributed by atoms with E-state index < -0.39 is 0 Å². The topological polar surface area (TPSA) is 67.3 Å². The summed E-state index contributed by atoms with van der Waals surface area (Å²) in [7, 11) is 3.09. The average Bonchev–Trinajstić information content (AvgIpc) is 2.84. The monoisotopic (exact) mass is 444 g/mol. The first-order chi connectivity index (χ1) is 16.0. The molecule has 0 radical (unpaired) electrons. The SMILES string of the molecule is COCC(=O)N(C)Cc1cc(-c2ccc3ncnc(NCc4ccccc4)c3c2)ccc1F. The number of nitrogens with one attached hydrogen (secondary N) is 1. The number of hydrogen-bond acceptors (Lipinski definition) is 5. The van der Waals surface area contributed by atoms with Crippen LogP contribution < -0.4 is 5.32 Å². The number of amides is 1. The van der Waals surface area contributed by atoms with E-state index in [1.54, 1.807) is 19.2 Å². The van der Waals surface area contributed by atoms with E-state index in [4.69, 9.17) is 4.74 Å². The molecule has 4 rings (SSSR count). The number of nitrogens with zero attached hydrogens (tertiary/aromatic N) is 3. The molecule has 0 aliphatic carbocycles. The highest BCUT2D eigenvalue weighted by Gasteiger charge is 2.13. The largest absolute Gasteiger partial charge is 0.375 e. The van der Waals surface area contributed by atoms with Gasteiger partial charge in [0.2, 0.25) is 5.91 Å². The summed E-state index contributed by atoms with van der Waals surface area (Å²) in [6.07, 6.45) is 1.54. The second kappa shape index (κ2) is 10.2. The van der Waals surface area contributed by atoms with E-state index in [1.807, 2.05) is 36.4 Å². The van der Waals surface area contributed by atoms with E-state index >= 15 is 0 Å². The summed E-state index contributed by atoms with van der Waals surface area (Å²) in [6.45, 7) is 0.753. The van der Waals surface area contributed by atoms with Gasteiger partial charge in [-0.3, -0.25) is 4.79 Å². The quantitative estimate of drug-likeness (QED) is 0.428. The van der Waals surface area contributed by atoms with Crippen LogP contribution >= 0.6 is 0 Å². The van der Waals surface area contributed by atoms with Crippen molar-refractivity contribution >= 4 is 22.6 Å². The van der Waals surface area contributed by atoms with Crippen molar-refractivity contribution in [2.24, 2.45) is 0 Å². The third-order valence-corrected chi connectivity index (χ3v) is 5.42. The number of aromatic nitrogens is 2. The molecule has 0 saturated carbocycles. The lowest BCUT2D eigenvalue weighted by Gasteiger charge is -2.18. The standard InChI is InChI=1S/C26H25FN4O2/c1-31(25(32)16-33-2)15-21-12-19(8-10-23(21)27)20-9-11-24-22(13-20)26(30-17-29-24)28-14-18-6-4-3-5-7-18/h3-13,17H,14-16H2,1-2H3,(H,28,29,30). The molecule has 0 aliphatic heterocycles. The van der Waals surface area contributed by atoms with Crippen molar-refractivity contribution in [1.82, 2.24) is 14.9 Å². The highest BCUT2D eigenvalue weighted by Crippen LogP contribution is 2.28. The Morgan fingerprint density at radius 3 is 2.58 bits per heavy atom. The summed E-state index contributed by atoms with van der Waals surface area (Å²) in [5, 5.41) is 4.27. The number of likely N-dealkylation sites (N-methyl/N-ethyl adjacent to an activating group) is 1. The third kappa shape index (κ3) is 5.32. The van der Waals surface area contributed by atoms with Crippen LogP contribution in [0.1, 0.15) is 11.1 Å². The van der Waals surface area contributed by atoms with Gasteiger partial charge in [0.05, 0.1) is 5.52 Å². The van der Waals surface area contributed by atoms with Crippen molar-refractivity contribution in [1.29, 1.82) is 0 Å². The maximum atomic E-state index is 14.5. The molecule has 0 saturated heterocycles. The molecule has 1 N–H and O–H groups in total. The summed E-state index contributed by atoms with van der Waals surface area (Å²) in [4.78, 5) is 22.3. The summed E-state index contributed by atoms with van der Waals surface area (Å²) in [6, 6.07) is 20.9. The number of rotatable bonds is 8. The smallest absolute Gasteiger partial charge is 0.248 e. The predicted octanol–water partition coefficient (Wildman–Crippen LogP) is 4.65. The lowest BCUT2D eigenvalue weighted by Crippen LogP contribution is -2.29. The Hall–Kier alpha value is -3.84. The van der Waals surface area contributed by atoms with Crippen molar-refractivity contribution < 1.29 is 13.9 Å². The van der Waals surface area contributed by atoms with Crippen LogP contribution in [0.4, 0.5) is 10.2 Å². The fourth-order valence-corrected chi connectivity index (χ4v) is 3.61. The zero-order valence-corrected chi connectivity index (χ0v) is 18.6. The van der Waals surface area contributed by atoms with E-state index in [0.29, 0.717) is 12.1 Å². The molecule has 0 aliphatic rings. The van der Waals surface area contributed by atoms with Crippen LogP contribution in [0, 0.1) is 5.82 Å². The molecule has 168 valence electrons. The minimum absolute atomic E-state index is 0.0404. The van der Waals surface area contributed by atoms with Gasteiger partial charge in [-0.15, -0.1) is 0 Å². The predicted molar refractivity (Wildman–Crippen MR) is 127 cm³/mol. The van der Waals surface area contributed by atoms with Gasteiger partial charge in [-0.25, -0.2) is 14.4 Å². The van der Waals surface area contributed by atoms with Crippen molar-refractivity contribution in [3.05, 3.63) is 90.0 Å². The summed E-state index contributed by atoms with van der Waals surface area (Å²) >= 11 is 0. The molecule has 1 amide bonds. The number of hydrogen-bond donors (Lipinski definition) is 1. The molecule has 1 aromatic heterocycles. The Balaban J connectivity index is 1.62. The number of fused-ring (bicyclic) bond motifs is 1. The van der Waals surface area contributed by atoms with Crippen molar-refractivity contribution in [3.63, 3.8) is 0 Å². The van der Waals surface area contributed by atoms with E-state index in [-0.39, 0.29) is 24.9 Å². The van der Waals surface area contributed by atoms with E-state index in [2.05, 4.69) is 27.4 Å². The number of benzene rings is 3. The van der Waals surface area contributed by atoms with Crippen LogP contribution in [0.15, 0.2) is 73.1 Å². The van der Waals surface area contributed by atoms with E-state index in [0.717, 1.165) is 33.4 Å². The molecule has 0 atom stereocenters. The number of anilines is 1. The summed E-state index contributed by atoms with van der Waals surface area (Å²) < 4.78 is 19.4. The molecule has 0 spiro atoms. The van der Waals surface area contributed by atoms with E-state index in [1.165, 1.54) is 24.4 Å². The molecule has 33 heavy (non-hydrogen) atoms. The van der Waals surface area contributed by atoms with Gasteiger partial charge in [-0.1, -0.05) is 42.5 Å². The fraction of sp³-hybridized carbons (Fsp3) is 0.192. The first kappa shape index (κ1) is 22.4. The van der Waals surface area contributed by atoms with Crippen molar-refractivity contribution in [2.45, 2.75) is 13.1 Å². The van der Waals surface area contributed by atoms with Gasteiger partial charge in [-0.2, -0.15) is 0 Å². The maximum Gasteiger partial charge on any atom is 0.248 e. The molecule has 4 aromatic rings. The second-order valence-electron chi connectivity index (χ2n) is 7.78. The molecule has 7 heteroatoms. The Kier molecular flexibility index (Phi) is 6.90. The highest BCUT2D eigenvalue weighted by atomic mass is 19.1. The number of ether oxygens (including phenoxy) is 1. The minimum atomic E-state index is -0.356. The Morgan fingerprint density at radius 2 is 1.79 bits per heavy atom. The fourth-order valence-electron chi connectivity index (χ4n) is 3.61. The molecule has 0 bridgehead atoms. The van der Waals surface area contributed by atoms with Crippen LogP contribution in [0.3, 0.4) is 0 Å².